The van der Waals surface area contributed by atoms with Crippen LogP contribution in [0, 0.1) is 20.8 Å². The Labute approximate surface area is 185 Å². The fraction of sp³-hybridized carbons (Fsp3) is 0.160. The van der Waals surface area contributed by atoms with Crippen LogP contribution >= 0.6 is 12.6 Å². The molecule has 2 N–H and O–H groups in total. The van der Waals surface area contributed by atoms with Gasteiger partial charge in [-0.15, -0.1) is 12.6 Å². The molecule has 3 aromatic carbocycles. The average Bonchev–Trinajstić information content (AvgIpc) is 2.71. The highest BCUT2D eigenvalue weighted by Crippen LogP contribution is 2.31. The van der Waals surface area contributed by atoms with Crippen LogP contribution in [0.15, 0.2) is 71.6 Å². The van der Waals surface area contributed by atoms with Crippen LogP contribution in [0.2, 0.25) is 0 Å². The molecule has 0 atom stereocenters. The molecule has 0 unspecified atom stereocenters. The summed E-state index contributed by atoms with van der Waals surface area (Å²) >= 11 is 4.36. The van der Waals surface area contributed by atoms with Crippen LogP contribution in [0.1, 0.15) is 22.3 Å². The van der Waals surface area contributed by atoms with Crippen LogP contribution in [0.4, 0.5) is 19.0 Å². The first kappa shape index (κ1) is 22.7. The SMILES string of the molecule is Cc1cc(C)c(S)c(C)c1.Nc1ccc2cc(-c3ccc(C(F)(F)F)cc3)ccc2n1. The van der Waals surface area contributed by atoms with Crippen molar-refractivity contribution in [1.82, 2.24) is 4.98 Å². The number of nitrogens with zero attached hydrogens (tertiary/aromatic N) is 1. The van der Waals surface area contributed by atoms with E-state index in [4.69, 9.17) is 5.73 Å². The van der Waals surface area contributed by atoms with Crippen molar-refractivity contribution < 1.29 is 13.2 Å². The van der Waals surface area contributed by atoms with E-state index in [1.165, 1.54) is 28.8 Å². The summed E-state index contributed by atoms with van der Waals surface area (Å²) in [5, 5.41) is 0.890. The number of benzene rings is 3. The van der Waals surface area contributed by atoms with Crippen molar-refractivity contribution in [2.45, 2.75) is 31.8 Å². The van der Waals surface area contributed by atoms with E-state index >= 15 is 0 Å². The van der Waals surface area contributed by atoms with Gasteiger partial charge in [0.2, 0.25) is 0 Å². The van der Waals surface area contributed by atoms with E-state index in [0.717, 1.165) is 39.1 Å². The van der Waals surface area contributed by atoms with Crippen LogP contribution in [0.25, 0.3) is 22.0 Å². The predicted molar refractivity (Wildman–Crippen MR) is 124 cm³/mol. The lowest BCUT2D eigenvalue weighted by atomic mass is 10.0. The van der Waals surface area contributed by atoms with Gasteiger partial charge in [0.25, 0.3) is 0 Å². The minimum Gasteiger partial charge on any atom is -0.384 e. The Hall–Kier alpha value is -2.99. The van der Waals surface area contributed by atoms with Gasteiger partial charge in [-0.05, 0) is 79.4 Å². The Bertz CT molecular complexity index is 1190. The summed E-state index contributed by atoms with van der Waals surface area (Å²) in [6, 6.07) is 18.4. The minimum absolute atomic E-state index is 0.435. The second-order valence-corrected chi connectivity index (χ2v) is 7.91. The molecular formula is C25H23F3N2S. The molecule has 0 spiro atoms. The molecule has 0 aliphatic heterocycles. The number of nitrogen functional groups attached to an aromatic ring is 1. The zero-order valence-electron chi connectivity index (χ0n) is 17.5. The molecular weight excluding hydrogens is 417 g/mol. The lowest BCUT2D eigenvalue weighted by Crippen LogP contribution is -2.03. The summed E-state index contributed by atoms with van der Waals surface area (Å²) in [7, 11) is 0. The van der Waals surface area contributed by atoms with Gasteiger partial charge in [-0.3, -0.25) is 0 Å². The number of aryl methyl sites for hydroxylation is 3. The molecule has 160 valence electrons. The number of halogens is 3. The average molecular weight is 441 g/mol. The van der Waals surface area contributed by atoms with Gasteiger partial charge >= 0.3 is 6.18 Å². The molecule has 0 aliphatic carbocycles. The van der Waals surface area contributed by atoms with Crippen LogP contribution in [-0.4, -0.2) is 4.98 Å². The number of nitrogens with two attached hydrogens (primary N) is 1. The molecule has 0 saturated carbocycles. The van der Waals surface area contributed by atoms with Crippen molar-refractivity contribution in [2.75, 3.05) is 5.73 Å². The molecule has 4 rings (SSSR count). The largest absolute Gasteiger partial charge is 0.416 e. The maximum Gasteiger partial charge on any atom is 0.416 e. The maximum atomic E-state index is 12.5. The van der Waals surface area contributed by atoms with Gasteiger partial charge in [-0.1, -0.05) is 35.9 Å². The zero-order valence-corrected chi connectivity index (χ0v) is 18.4. The Morgan fingerprint density at radius 2 is 1.35 bits per heavy atom. The first-order chi connectivity index (χ1) is 14.5. The number of hydrogen-bond donors (Lipinski definition) is 2. The van der Waals surface area contributed by atoms with Crippen LogP contribution in [-0.2, 0) is 6.18 Å². The third kappa shape index (κ3) is 5.58. The van der Waals surface area contributed by atoms with Crippen LogP contribution < -0.4 is 5.73 Å². The van der Waals surface area contributed by atoms with Gasteiger partial charge in [0.05, 0.1) is 11.1 Å². The summed E-state index contributed by atoms with van der Waals surface area (Å²) in [4.78, 5) is 5.30. The summed E-state index contributed by atoms with van der Waals surface area (Å²) < 4.78 is 37.6. The molecule has 1 heterocycles. The van der Waals surface area contributed by atoms with Crippen molar-refractivity contribution in [1.29, 1.82) is 0 Å². The second kappa shape index (κ2) is 9.02. The van der Waals surface area contributed by atoms with E-state index in [0.29, 0.717) is 5.82 Å². The monoisotopic (exact) mass is 440 g/mol. The maximum absolute atomic E-state index is 12.5. The number of pyridine rings is 1. The molecule has 6 heteroatoms. The van der Waals surface area contributed by atoms with Crippen molar-refractivity contribution in [3.63, 3.8) is 0 Å². The van der Waals surface area contributed by atoms with Crippen molar-refractivity contribution >= 4 is 29.3 Å². The topological polar surface area (TPSA) is 38.9 Å². The molecule has 0 amide bonds. The lowest BCUT2D eigenvalue weighted by molar-refractivity contribution is -0.137. The summed E-state index contributed by atoms with van der Waals surface area (Å²) in [5.41, 5.74) is 11.1. The van der Waals surface area contributed by atoms with Gasteiger partial charge < -0.3 is 5.73 Å². The lowest BCUT2D eigenvalue weighted by Gasteiger charge is -2.08. The smallest absolute Gasteiger partial charge is 0.384 e. The molecule has 0 fully saturated rings. The fourth-order valence-electron chi connectivity index (χ4n) is 3.34. The number of alkyl halides is 3. The van der Waals surface area contributed by atoms with Gasteiger partial charge in [0, 0.05) is 10.3 Å². The molecule has 2 nitrogen and oxygen atoms in total. The molecule has 0 bridgehead atoms. The Morgan fingerprint density at radius 1 is 0.774 bits per heavy atom. The normalized spacial score (nSPS) is 11.2. The highest BCUT2D eigenvalue weighted by Gasteiger charge is 2.29. The molecule has 1 aromatic heterocycles. The van der Waals surface area contributed by atoms with E-state index in [-0.39, 0.29) is 0 Å². The number of aromatic nitrogens is 1. The van der Waals surface area contributed by atoms with Gasteiger partial charge in [-0.25, -0.2) is 4.98 Å². The second-order valence-electron chi connectivity index (χ2n) is 7.47. The molecule has 0 saturated heterocycles. The Morgan fingerprint density at radius 3 is 1.94 bits per heavy atom. The van der Waals surface area contributed by atoms with Gasteiger partial charge in [0.1, 0.15) is 5.82 Å². The Balaban J connectivity index is 0.000000229. The standard InChI is InChI=1S/C16H11F3N2.C9H12S/c17-16(18,19)13-5-1-10(2-6-13)11-3-7-14-12(9-11)4-8-15(20)21-14;1-6-4-7(2)9(10)8(3)5-6/h1-9H,(H2,20,21);4-5,10H,1-3H3. The molecule has 0 aliphatic rings. The number of anilines is 1. The van der Waals surface area contributed by atoms with E-state index in [9.17, 15) is 13.2 Å². The van der Waals surface area contributed by atoms with Gasteiger partial charge in [-0.2, -0.15) is 13.2 Å². The molecule has 4 aromatic rings. The number of thiol groups is 1. The van der Waals surface area contributed by atoms with Crippen molar-refractivity contribution in [3.05, 3.63) is 89.0 Å². The van der Waals surface area contributed by atoms with E-state index < -0.39 is 11.7 Å². The number of fused-ring (bicyclic) bond motifs is 1. The predicted octanol–water partition coefficient (Wildman–Crippen LogP) is 7.40. The van der Waals surface area contributed by atoms with Crippen LogP contribution in [0.3, 0.4) is 0 Å². The van der Waals surface area contributed by atoms with Crippen molar-refractivity contribution in [2.24, 2.45) is 0 Å². The van der Waals surface area contributed by atoms with E-state index in [1.807, 2.05) is 18.2 Å². The summed E-state index contributed by atoms with van der Waals surface area (Å²) in [6.07, 6.45) is -4.32. The summed E-state index contributed by atoms with van der Waals surface area (Å²) in [6.45, 7) is 6.28. The zero-order chi connectivity index (χ0) is 22.8. The third-order valence-corrected chi connectivity index (χ3v) is 5.60. The first-order valence-electron chi connectivity index (χ1n) is 9.65. The highest BCUT2D eigenvalue weighted by atomic mass is 32.1. The molecule has 0 radical (unpaired) electrons. The minimum atomic E-state index is -4.32. The highest BCUT2D eigenvalue weighted by molar-refractivity contribution is 7.80. The van der Waals surface area contributed by atoms with Gasteiger partial charge in [0.15, 0.2) is 0 Å². The van der Waals surface area contributed by atoms with Crippen LogP contribution in [0.5, 0.6) is 0 Å². The molecule has 31 heavy (non-hydrogen) atoms. The quantitative estimate of drug-likeness (QED) is 0.303. The Kier molecular flexibility index (Phi) is 6.60. The van der Waals surface area contributed by atoms with E-state index in [1.54, 1.807) is 12.1 Å². The first-order valence-corrected chi connectivity index (χ1v) is 10.1. The third-order valence-electron chi connectivity index (χ3n) is 4.89. The van der Waals surface area contributed by atoms with E-state index in [2.05, 4.69) is 50.5 Å². The number of hydrogen-bond acceptors (Lipinski definition) is 3. The van der Waals surface area contributed by atoms with Crippen molar-refractivity contribution in [3.8, 4) is 11.1 Å². The summed E-state index contributed by atoms with van der Waals surface area (Å²) in [5.74, 6) is 0.435. The number of rotatable bonds is 1. The fourth-order valence-corrected chi connectivity index (χ4v) is 3.47.